The van der Waals surface area contributed by atoms with Gasteiger partial charge in [0.25, 0.3) is 0 Å². The molecule has 1 aromatic carbocycles. The first-order valence-electron chi connectivity index (χ1n) is 6.09. The van der Waals surface area contributed by atoms with Gasteiger partial charge in [-0.2, -0.15) is 0 Å². The van der Waals surface area contributed by atoms with E-state index in [1.165, 1.54) is 5.56 Å². The normalized spacial score (nSPS) is 14.7. The van der Waals surface area contributed by atoms with E-state index < -0.39 is 0 Å². The summed E-state index contributed by atoms with van der Waals surface area (Å²) in [4.78, 5) is 0. The Morgan fingerprint density at radius 3 is 2.18 bits per heavy atom. The summed E-state index contributed by atoms with van der Waals surface area (Å²) in [6.45, 7) is 6.48. The number of nitrogens with one attached hydrogen (secondary N) is 1. The van der Waals surface area contributed by atoms with Crippen LogP contribution in [0.4, 0.5) is 0 Å². The van der Waals surface area contributed by atoms with Crippen molar-refractivity contribution < 1.29 is 9.84 Å². The molecule has 1 aromatic rings. The average Bonchev–Trinajstić information content (AvgIpc) is 2.35. The van der Waals surface area contributed by atoms with Crippen LogP contribution in [-0.4, -0.2) is 24.9 Å². The fourth-order valence-corrected chi connectivity index (χ4v) is 1.84. The molecule has 0 amide bonds. The van der Waals surface area contributed by atoms with Crippen molar-refractivity contribution >= 4 is 0 Å². The SMILES string of the molecule is COc1ccc(C(N[C@H](C)CO)C(C)C)cc1. The fraction of sp³-hybridized carbons (Fsp3) is 0.571. The van der Waals surface area contributed by atoms with E-state index in [0.29, 0.717) is 5.92 Å². The van der Waals surface area contributed by atoms with Gasteiger partial charge in [-0.05, 0) is 30.5 Å². The number of hydrogen-bond donors (Lipinski definition) is 2. The molecule has 17 heavy (non-hydrogen) atoms. The zero-order chi connectivity index (χ0) is 12.8. The second-order valence-corrected chi connectivity index (χ2v) is 4.75. The van der Waals surface area contributed by atoms with Crippen LogP contribution in [-0.2, 0) is 0 Å². The van der Waals surface area contributed by atoms with Gasteiger partial charge in [-0.25, -0.2) is 0 Å². The van der Waals surface area contributed by atoms with E-state index in [-0.39, 0.29) is 18.7 Å². The van der Waals surface area contributed by atoms with E-state index in [4.69, 9.17) is 9.84 Å². The quantitative estimate of drug-likeness (QED) is 0.798. The van der Waals surface area contributed by atoms with Crippen molar-refractivity contribution in [2.45, 2.75) is 32.9 Å². The van der Waals surface area contributed by atoms with Crippen molar-refractivity contribution in [3.63, 3.8) is 0 Å². The lowest BCUT2D eigenvalue weighted by molar-refractivity contribution is 0.229. The molecule has 3 heteroatoms. The third kappa shape index (κ3) is 4.02. The number of benzene rings is 1. The van der Waals surface area contributed by atoms with E-state index in [0.717, 1.165) is 5.75 Å². The maximum absolute atomic E-state index is 9.11. The van der Waals surface area contributed by atoms with E-state index in [9.17, 15) is 0 Å². The van der Waals surface area contributed by atoms with Crippen LogP contribution in [0, 0.1) is 5.92 Å². The molecule has 0 radical (unpaired) electrons. The zero-order valence-electron chi connectivity index (χ0n) is 11.1. The van der Waals surface area contributed by atoms with Crippen LogP contribution in [0.25, 0.3) is 0 Å². The van der Waals surface area contributed by atoms with E-state index >= 15 is 0 Å². The molecule has 0 fully saturated rings. The van der Waals surface area contributed by atoms with Crippen LogP contribution in [0.1, 0.15) is 32.4 Å². The molecule has 0 aliphatic rings. The van der Waals surface area contributed by atoms with Gasteiger partial charge in [0.2, 0.25) is 0 Å². The Bertz CT molecular complexity index is 321. The lowest BCUT2D eigenvalue weighted by atomic mass is 9.95. The summed E-state index contributed by atoms with van der Waals surface area (Å²) in [5.41, 5.74) is 1.22. The third-order valence-corrected chi connectivity index (χ3v) is 2.88. The average molecular weight is 237 g/mol. The van der Waals surface area contributed by atoms with Crippen molar-refractivity contribution in [2.75, 3.05) is 13.7 Å². The molecule has 0 bridgehead atoms. The molecule has 2 N–H and O–H groups in total. The second-order valence-electron chi connectivity index (χ2n) is 4.75. The van der Waals surface area contributed by atoms with Crippen molar-refractivity contribution in [3.8, 4) is 5.75 Å². The number of methoxy groups -OCH3 is 1. The van der Waals surface area contributed by atoms with Crippen LogP contribution in [0.2, 0.25) is 0 Å². The highest BCUT2D eigenvalue weighted by Crippen LogP contribution is 2.24. The summed E-state index contributed by atoms with van der Waals surface area (Å²) in [5.74, 6) is 1.34. The highest BCUT2D eigenvalue weighted by molar-refractivity contribution is 5.29. The minimum Gasteiger partial charge on any atom is -0.497 e. The second kappa shape index (κ2) is 6.62. The van der Waals surface area contributed by atoms with Gasteiger partial charge in [0, 0.05) is 12.1 Å². The molecule has 0 aliphatic heterocycles. The summed E-state index contributed by atoms with van der Waals surface area (Å²) in [6, 6.07) is 8.43. The van der Waals surface area contributed by atoms with Crippen LogP contribution in [0.5, 0.6) is 5.75 Å². The highest BCUT2D eigenvalue weighted by atomic mass is 16.5. The molecule has 0 spiro atoms. The topological polar surface area (TPSA) is 41.5 Å². The standard InChI is InChI=1S/C14H23NO2/c1-10(2)14(15-11(3)9-16)12-5-7-13(17-4)8-6-12/h5-8,10-11,14-16H,9H2,1-4H3/t11-,14?/m1/s1. The van der Waals surface area contributed by atoms with Gasteiger partial charge in [0.15, 0.2) is 0 Å². The van der Waals surface area contributed by atoms with Gasteiger partial charge >= 0.3 is 0 Å². The summed E-state index contributed by atoms with van der Waals surface area (Å²) < 4.78 is 5.15. The number of ether oxygens (including phenoxy) is 1. The molecule has 1 rings (SSSR count). The molecule has 0 aliphatic carbocycles. The van der Waals surface area contributed by atoms with Crippen LogP contribution >= 0.6 is 0 Å². The van der Waals surface area contributed by atoms with Crippen molar-refractivity contribution in [3.05, 3.63) is 29.8 Å². The number of aliphatic hydroxyl groups excluding tert-OH is 1. The van der Waals surface area contributed by atoms with Gasteiger partial charge in [-0.15, -0.1) is 0 Å². The first-order chi connectivity index (χ1) is 8.08. The summed E-state index contributed by atoms with van der Waals surface area (Å²) in [6.07, 6.45) is 0. The fourth-order valence-electron chi connectivity index (χ4n) is 1.84. The Kier molecular flexibility index (Phi) is 5.45. The first-order valence-corrected chi connectivity index (χ1v) is 6.09. The lowest BCUT2D eigenvalue weighted by Gasteiger charge is -2.26. The molecule has 0 saturated heterocycles. The monoisotopic (exact) mass is 237 g/mol. The maximum atomic E-state index is 9.11. The number of hydrogen-bond acceptors (Lipinski definition) is 3. The maximum Gasteiger partial charge on any atom is 0.118 e. The molecule has 0 aromatic heterocycles. The Balaban J connectivity index is 2.81. The Morgan fingerprint density at radius 2 is 1.76 bits per heavy atom. The van der Waals surface area contributed by atoms with Crippen molar-refractivity contribution in [1.29, 1.82) is 0 Å². The Hall–Kier alpha value is -1.06. The van der Waals surface area contributed by atoms with Gasteiger partial charge in [0.1, 0.15) is 5.75 Å². The van der Waals surface area contributed by atoms with Gasteiger partial charge in [-0.1, -0.05) is 26.0 Å². The third-order valence-electron chi connectivity index (χ3n) is 2.88. The van der Waals surface area contributed by atoms with Crippen molar-refractivity contribution in [1.82, 2.24) is 5.32 Å². The molecule has 0 heterocycles. The number of aliphatic hydroxyl groups is 1. The Morgan fingerprint density at radius 1 is 1.18 bits per heavy atom. The summed E-state index contributed by atoms with van der Waals surface area (Å²) >= 11 is 0. The minimum absolute atomic E-state index is 0.101. The molecule has 0 saturated carbocycles. The zero-order valence-corrected chi connectivity index (χ0v) is 11.1. The number of rotatable bonds is 6. The molecular formula is C14H23NO2. The molecule has 3 nitrogen and oxygen atoms in total. The van der Waals surface area contributed by atoms with Gasteiger partial charge in [-0.3, -0.25) is 0 Å². The van der Waals surface area contributed by atoms with Crippen molar-refractivity contribution in [2.24, 2.45) is 5.92 Å². The van der Waals surface area contributed by atoms with E-state index in [1.54, 1.807) is 7.11 Å². The predicted octanol–water partition coefficient (Wildman–Crippen LogP) is 2.36. The molecular weight excluding hydrogens is 214 g/mol. The minimum atomic E-state index is 0.101. The lowest BCUT2D eigenvalue weighted by Crippen LogP contribution is -2.35. The molecule has 2 atom stereocenters. The van der Waals surface area contributed by atoms with Crippen LogP contribution < -0.4 is 10.1 Å². The first kappa shape index (κ1) is 14.0. The van der Waals surface area contributed by atoms with Crippen LogP contribution in [0.15, 0.2) is 24.3 Å². The molecule has 1 unspecified atom stereocenters. The summed E-state index contributed by atoms with van der Waals surface area (Å²) in [5, 5.41) is 12.5. The van der Waals surface area contributed by atoms with E-state index in [2.05, 4.69) is 31.3 Å². The Labute approximate surface area is 104 Å². The predicted molar refractivity (Wildman–Crippen MR) is 70.3 cm³/mol. The summed E-state index contributed by atoms with van der Waals surface area (Å²) in [7, 11) is 1.67. The molecule has 96 valence electrons. The highest BCUT2D eigenvalue weighted by Gasteiger charge is 2.17. The van der Waals surface area contributed by atoms with Gasteiger partial charge in [0.05, 0.1) is 13.7 Å². The smallest absolute Gasteiger partial charge is 0.118 e. The van der Waals surface area contributed by atoms with E-state index in [1.807, 2.05) is 19.1 Å². The van der Waals surface area contributed by atoms with Gasteiger partial charge < -0.3 is 15.2 Å². The van der Waals surface area contributed by atoms with Crippen LogP contribution in [0.3, 0.4) is 0 Å². The largest absolute Gasteiger partial charge is 0.497 e.